The SMILES string of the molecule is CC1CC=C(C(=O)Nc2cc(N3CCN(C)CC3)cc(C(F)(F)F)c2)C=C1n1cc(-c2cnn(C)c2)nn1. The number of alkyl halides is 3. The largest absolute Gasteiger partial charge is 0.416 e. The van der Waals surface area contributed by atoms with Gasteiger partial charge in [0.25, 0.3) is 5.91 Å². The minimum absolute atomic E-state index is 0.0624. The number of halogens is 3. The Balaban J connectivity index is 1.38. The molecule has 1 N–H and O–H groups in total. The molecule has 0 spiro atoms. The summed E-state index contributed by atoms with van der Waals surface area (Å²) in [5.74, 6) is -0.418. The lowest BCUT2D eigenvalue weighted by atomic mass is 9.94. The van der Waals surface area contributed by atoms with Gasteiger partial charge in [-0.15, -0.1) is 5.10 Å². The van der Waals surface area contributed by atoms with E-state index >= 15 is 0 Å². The van der Waals surface area contributed by atoms with Crippen LogP contribution in [0.15, 0.2) is 54.5 Å². The molecule has 1 aliphatic heterocycles. The molecule has 1 aromatic carbocycles. The number of benzene rings is 1. The number of rotatable bonds is 5. The van der Waals surface area contributed by atoms with E-state index in [1.54, 1.807) is 40.0 Å². The molecule has 1 atom stereocenters. The number of aromatic nitrogens is 5. The van der Waals surface area contributed by atoms with Crippen molar-refractivity contribution < 1.29 is 18.0 Å². The molecule has 3 heterocycles. The van der Waals surface area contributed by atoms with E-state index in [1.807, 2.05) is 32.1 Å². The molecule has 2 aromatic heterocycles. The molecule has 1 fully saturated rings. The van der Waals surface area contributed by atoms with E-state index in [4.69, 9.17) is 0 Å². The molecule has 1 unspecified atom stereocenters. The second-order valence-electron chi connectivity index (χ2n) is 9.83. The van der Waals surface area contributed by atoms with Crippen LogP contribution >= 0.6 is 0 Å². The fourth-order valence-electron chi connectivity index (χ4n) is 4.61. The number of hydrogen-bond acceptors (Lipinski definition) is 6. The van der Waals surface area contributed by atoms with Gasteiger partial charge in [0.1, 0.15) is 5.69 Å². The number of hydrogen-bond donors (Lipinski definition) is 1. The van der Waals surface area contributed by atoms with Gasteiger partial charge < -0.3 is 15.1 Å². The average molecular weight is 527 g/mol. The Hall–Kier alpha value is -3.93. The van der Waals surface area contributed by atoms with Crippen molar-refractivity contribution in [1.82, 2.24) is 29.7 Å². The van der Waals surface area contributed by atoms with Crippen LogP contribution in [0.3, 0.4) is 0 Å². The predicted octanol–water partition coefficient (Wildman–Crippen LogP) is 3.90. The van der Waals surface area contributed by atoms with Crippen LogP contribution in [0.1, 0.15) is 18.9 Å². The Morgan fingerprint density at radius 1 is 1.08 bits per heavy atom. The second-order valence-corrected chi connectivity index (χ2v) is 9.83. The molecule has 200 valence electrons. The van der Waals surface area contributed by atoms with Crippen LogP contribution in [0, 0.1) is 5.92 Å². The number of carbonyl (C=O) groups excluding carboxylic acids is 1. The van der Waals surface area contributed by atoms with Crippen molar-refractivity contribution >= 4 is 23.0 Å². The molecule has 38 heavy (non-hydrogen) atoms. The minimum atomic E-state index is -4.53. The molecule has 3 aromatic rings. The normalized spacial score (nSPS) is 18.8. The van der Waals surface area contributed by atoms with E-state index in [-0.39, 0.29) is 11.6 Å². The average Bonchev–Trinajstić information content (AvgIpc) is 3.53. The number of allylic oxidation sites excluding steroid dienone is 2. The first-order valence-electron chi connectivity index (χ1n) is 12.4. The maximum absolute atomic E-state index is 13.7. The first-order valence-corrected chi connectivity index (χ1v) is 12.4. The van der Waals surface area contributed by atoms with E-state index in [1.165, 1.54) is 0 Å². The summed E-state index contributed by atoms with van der Waals surface area (Å²) in [6.07, 6.45) is 4.83. The van der Waals surface area contributed by atoms with Crippen molar-refractivity contribution in [2.75, 3.05) is 43.4 Å². The van der Waals surface area contributed by atoms with Crippen LogP contribution in [-0.2, 0) is 18.0 Å². The molecule has 12 heteroatoms. The number of anilines is 2. The van der Waals surface area contributed by atoms with E-state index in [0.717, 1.165) is 36.5 Å². The zero-order valence-electron chi connectivity index (χ0n) is 21.4. The van der Waals surface area contributed by atoms with E-state index in [9.17, 15) is 18.0 Å². The Labute approximate surface area is 218 Å². The van der Waals surface area contributed by atoms with Crippen LogP contribution in [-0.4, -0.2) is 68.8 Å². The van der Waals surface area contributed by atoms with Crippen molar-refractivity contribution in [3.05, 3.63) is 60.1 Å². The zero-order valence-corrected chi connectivity index (χ0v) is 21.4. The quantitative estimate of drug-likeness (QED) is 0.543. The number of nitrogens with zero attached hydrogens (tertiary/aromatic N) is 7. The molecule has 9 nitrogen and oxygen atoms in total. The van der Waals surface area contributed by atoms with Gasteiger partial charge in [-0.25, -0.2) is 4.68 Å². The van der Waals surface area contributed by atoms with E-state index in [2.05, 4.69) is 25.6 Å². The van der Waals surface area contributed by atoms with Gasteiger partial charge in [0.2, 0.25) is 0 Å². The summed E-state index contributed by atoms with van der Waals surface area (Å²) < 4.78 is 44.4. The minimum Gasteiger partial charge on any atom is -0.369 e. The smallest absolute Gasteiger partial charge is 0.369 e. The topological polar surface area (TPSA) is 84.1 Å². The highest BCUT2D eigenvalue weighted by Gasteiger charge is 2.32. The van der Waals surface area contributed by atoms with Gasteiger partial charge in [-0.05, 0) is 37.7 Å². The van der Waals surface area contributed by atoms with Crippen molar-refractivity contribution in [2.45, 2.75) is 19.5 Å². The molecule has 0 saturated carbocycles. The number of likely N-dealkylation sites (N-methyl/N-ethyl adjacent to an activating group) is 1. The lowest BCUT2D eigenvalue weighted by Gasteiger charge is -2.34. The van der Waals surface area contributed by atoms with Gasteiger partial charge in [0, 0.05) is 73.5 Å². The van der Waals surface area contributed by atoms with E-state index < -0.39 is 17.6 Å². The fraction of sp³-hybridized carbons (Fsp3) is 0.385. The molecular weight excluding hydrogens is 497 g/mol. The van der Waals surface area contributed by atoms with Gasteiger partial charge in [0.15, 0.2) is 0 Å². The lowest BCUT2D eigenvalue weighted by Crippen LogP contribution is -2.44. The number of carbonyl (C=O) groups is 1. The van der Waals surface area contributed by atoms with Crippen LogP contribution < -0.4 is 10.2 Å². The molecule has 1 amide bonds. The first kappa shape index (κ1) is 25.7. The van der Waals surface area contributed by atoms with Gasteiger partial charge in [-0.3, -0.25) is 9.48 Å². The highest BCUT2D eigenvalue weighted by atomic mass is 19.4. The second kappa shape index (κ2) is 10.1. The third-order valence-electron chi connectivity index (χ3n) is 6.89. The fourth-order valence-corrected chi connectivity index (χ4v) is 4.61. The summed E-state index contributed by atoms with van der Waals surface area (Å²) in [4.78, 5) is 17.2. The van der Waals surface area contributed by atoms with Gasteiger partial charge in [-0.2, -0.15) is 18.3 Å². The summed E-state index contributed by atoms with van der Waals surface area (Å²) in [6, 6.07) is 3.73. The predicted molar refractivity (Wildman–Crippen MR) is 138 cm³/mol. The van der Waals surface area contributed by atoms with Crippen molar-refractivity contribution in [3.8, 4) is 11.3 Å². The third-order valence-corrected chi connectivity index (χ3v) is 6.89. The molecule has 2 aliphatic rings. The summed E-state index contributed by atoms with van der Waals surface area (Å²) in [7, 11) is 3.79. The van der Waals surface area contributed by atoms with Gasteiger partial charge in [0.05, 0.1) is 18.0 Å². The van der Waals surface area contributed by atoms with E-state index in [0.29, 0.717) is 36.5 Å². The molecule has 1 aliphatic carbocycles. The highest BCUT2D eigenvalue weighted by Crippen LogP contribution is 2.35. The highest BCUT2D eigenvalue weighted by molar-refractivity contribution is 6.07. The summed E-state index contributed by atoms with van der Waals surface area (Å²) in [6.45, 7) is 4.73. The molecule has 5 rings (SSSR count). The van der Waals surface area contributed by atoms with Crippen LogP contribution in [0.4, 0.5) is 24.5 Å². The Kier molecular flexibility index (Phi) is 6.82. The lowest BCUT2D eigenvalue weighted by molar-refractivity contribution is -0.137. The zero-order chi connectivity index (χ0) is 27.0. The number of amides is 1. The van der Waals surface area contributed by atoms with Gasteiger partial charge >= 0.3 is 6.18 Å². The first-order chi connectivity index (χ1) is 18.1. The van der Waals surface area contributed by atoms with Crippen molar-refractivity contribution in [1.29, 1.82) is 0 Å². The maximum atomic E-state index is 13.7. The van der Waals surface area contributed by atoms with Gasteiger partial charge in [-0.1, -0.05) is 18.2 Å². The molecule has 0 bridgehead atoms. The van der Waals surface area contributed by atoms with Crippen molar-refractivity contribution in [2.24, 2.45) is 13.0 Å². The Morgan fingerprint density at radius 3 is 2.53 bits per heavy atom. The summed E-state index contributed by atoms with van der Waals surface area (Å²) >= 11 is 0. The Morgan fingerprint density at radius 2 is 1.84 bits per heavy atom. The number of nitrogens with one attached hydrogen (secondary N) is 1. The number of aryl methyl sites for hydroxylation is 1. The summed E-state index contributed by atoms with van der Waals surface area (Å²) in [5.41, 5.74) is 2.34. The molecule has 0 radical (unpaired) electrons. The molecule has 1 saturated heterocycles. The van der Waals surface area contributed by atoms with Crippen LogP contribution in [0.25, 0.3) is 17.0 Å². The third kappa shape index (κ3) is 5.49. The van der Waals surface area contributed by atoms with Crippen LogP contribution in [0.5, 0.6) is 0 Å². The molecular formula is C26H29F3N8O. The standard InChI is InChI=1S/C26H29F3N8O/c1-17-4-5-18(10-24(17)37-16-23(32-33-37)19-14-30-35(3)15-19)25(38)31-21-11-20(26(27,28)29)12-22(13-21)36-8-6-34(2)7-9-36/h5,10-17H,4,6-9H2,1-3H3,(H,31,38). The monoisotopic (exact) mass is 526 g/mol. The van der Waals surface area contributed by atoms with Crippen LogP contribution in [0.2, 0.25) is 0 Å². The van der Waals surface area contributed by atoms with Crippen molar-refractivity contribution in [3.63, 3.8) is 0 Å². The Bertz CT molecular complexity index is 1400. The summed E-state index contributed by atoms with van der Waals surface area (Å²) in [5, 5.41) is 15.3. The maximum Gasteiger partial charge on any atom is 0.416 e. The number of piperazine rings is 1.